The van der Waals surface area contributed by atoms with E-state index in [9.17, 15) is 0 Å². The summed E-state index contributed by atoms with van der Waals surface area (Å²) in [5, 5.41) is 7.68. The van der Waals surface area contributed by atoms with Gasteiger partial charge in [-0.05, 0) is 90.8 Å². The molecule has 0 radical (unpaired) electrons. The van der Waals surface area contributed by atoms with Gasteiger partial charge in [-0.25, -0.2) is 0 Å². The van der Waals surface area contributed by atoms with Crippen LogP contribution in [0.3, 0.4) is 0 Å². The highest BCUT2D eigenvalue weighted by Crippen LogP contribution is 2.41. The fourth-order valence-electron chi connectivity index (χ4n) is 8.25. The number of fused-ring (bicyclic) bond motifs is 6. The summed E-state index contributed by atoms with van der Waals surface area (Å²) < 4.78 is 2.39. The van der Waals surface area contributed by atoms with Gasteiger partial charge < -0.3 is 4.57 Å². The lowest BCUT2D eigenvalue weighted by Gasteiger charge is -2.23. The molecule has 0 amide bonds. The number of aromatic nitrogens is 1. The maximum atomic E-state index is 2.41. The summed E-state index contributed by atoms with van der Waals surface area (Å²) in [4.78, 5) is 0. The summed E-state index contributed by atoms with van der Waals surface area (Å²) in [6.45, 7) is 0. The second kappa shape index (κ2) is 12.6. The molecule has 1 unspecified atom stereocenters. The predicted octanol–water partition coefficient (Wildman–Crippen LogP) is 13.6. The Morgan fingerprint density at radius 1 is 0.308 bits per heavy atom. The molecule has 52 heavy (non-hydrogen) atoms. The van der Waals surface area contributed by atoms with Crippen molar-refractivity contribution in [1.82, 2.24) is 4.57 Å². The van der Waals surface area contributed by atoms with E-state index in [4.69, 9.17) is 0 Å². The van der Waals surface area contributed by atoms with E-state index in [1.165, 1.54) is 88.0 Å². The molecule has 0 aliphatic heterocycles. The SMILES string of the molecule is c1ccc(-c2ccc(C(c3ccc(-c4ccc5c6ccccc6n(-c6ccccc6)c5c4)cc3)c3cc4ccccc4c4ccccc34)cc2)cc1. The Balaban J connectivity index is 1.12. The van der Waals surface area contributed by atoms with E-state index >= 15 is 0 Å². The van der Waals surface area contributed by atoms with Crippen molar-refractivity contribution in [3.05, 3.63) is 223 Å². The van der Waals surface area contributed by atoms with Gasteiger partial charge in [-0.1, -0.05) is 176 Å². The number of para-hydroxylation sites is 2. The summed E-state index contributed by atoms with van der Waals surface area (Å²) in [7, 11) is 0. The smallest absolute Gasteiger partial charge is 0.0547 e. The van der Waals surface area contributed by atoms with E-state index in [2.05, 4.69) is 211 Å². The number of nitrogens with zero attached hydrogens (tertiary/aromatic N) is 1. The van der Waals surface area contributed by atoms with E-state index in [0.717, 1.165) is 0 Å². The van der Waals surface area contributed by atoms with Gasteiger partial charge in [0.15, 0.2) is 0 Å². The molecular weight excluding hydrogens is 627 g/mol. The highest BCUT2D eigenvalue weighted by atomic mass is 15.0. The second-order valence-electron chi connectivity index (χ2n) is 13.7. The molecule has 1 heterocycles. The third-order valence-corrected chi connectivity index (χ3v) is 10.7. The Morgan fingerprint density at radius 2 is 0.808 bits per heavy atom. The molecule has 0 aliphatic carbocycles. The molecule has 0 saturated heterocycles. The van der Waals surface area contributed by atoms with Crippen LogP contribution in [-0.2, 0) is 0 Å². The van der Waals surface area contributed by atoms with Crippen molar-refractivity contribution < 1.29 is 0 Å². The number of rotatable bonds is 6. The molecule has 0 bridgehead atoms. The molecule has 10 rings (SSSR count). The first kappa shape index (κ1) is 30.2. The van der Waals surface area contributed by atoms with Gasteiger partial charge in [0.1, 0.15) is 0 Å². The molecule has 1 aromatic heterocycles. The van der Waals surface area contributed by atoms with E-state index < -0.39 is 0 Å². The van der Waals surface area contributed by atoms with Crippen LogP contribution in [0.4, 0.5) is 0 Å². The van der Waals surface area contributed by atoms with Gasteiger partial charge in [-0.2, -0.15) is 0 Å². The quantitative estimate of drug-likeness (QED) is 0.123. The van der Waals surface area contributed by atoms with Crippen molar-refractivity contribution in [2.75, 3.05) is 0 Å². The molecule has 1 atom stereocenters. The van der Waals surface area contributed by atoms with Gasteiger partial charge in [0.25, 0.3) is 0 Å². The van der Waals surface area contributed by atoms with Crippen LogP contribution in [0.1, 0.15) is 22.6 Å². The van der Waals surface area contributed by atoms with Gasteiger partial charge in [-0.15, -0.1) is 0 Å². The van der Waals surface area contributed by atoms with Gasteiger partial charge in [-0.3, -0.25) is 0 Å². The lowest BCUT2D eigenvalue weighted by Crippen LogP contribution is -2.05. The standard InChI is InChI=1S/C51H35N/c1-3-13-35(14-4-1)36-23-27-38(28-24-36)51(48-33-41-15-7-8-18-43(41)44-19-9-10-20-45(44)48)39-29-25-37(26-30-39)40-31-32-47-46-21-11-12-22-49(46)52(50(47)34-40)42-16-5-2-6-17-42/h1-34,51H. The molecule has 0 aliphatic rings. The Kier molecular flexibility index (Phi) is 7.29. The Labute approximate surface area is 303 Å². The van der Waals surface area contributed by atoms with Crippen molar-refractivity contribution in [3.63, 3.8) is 0 Å². The number of hydrogen-bond acceptors (Lipinski definition) is 0. The van der Waals surface area contributed by atoms with E-state index in [1.54, 1.807) is 0 Å². The molecule has 0 spiro atoms. The third-order valence-electron chi connectivity index (χ3n) is 10.7. The van der Waals surface area contributed by atoms with Gasteiger partial charge in [0.2, 0.25) is 0 Å². The zero-order valence-electron chi connectivity index (χ0n) is 28.7. The zero-order chi connectivity index (χ0) is 34.4. The summed E-state index contributed by atoms with van der Waals surface area (Å²) >= 11 is 0. The first-order chi connectivity index (χ1) is 25.8. The van der Waals surface area contributed by atoms with Gasteiger partial charge in [0, 0.05) is 22.4 Å². The average Bonchev–Trinajstić information content (AvgIpc) is 3.56. The van der Waals surface area contributed by atoms with Crippen molar-refractivity contribution in [2.45, 2.75) is 5.92 Å². The highest BCUT2D eigenvalue weighted by molar-refractivity contribution is 6.11. The molecule has 10 aromatic rings. The van der Waals surface area contributed by atoms with Crippen LogP contribution in [0.5, 0.6) is 0 Å². The summed E-state index contributed by atoms with van der Waals surface area (Å²) in [6, 6.07) is 75.5. The van der Waals surface area contributed by atoms with Crippen molar-refractivity contribution >= 4 is 43.4 Å². The monoisotopic (exact) mass is 661 g/mol. The number of hydrogen-bond donors (Lipinski definition) is 0. The van der Waals surface area contributed by atoms with E-state index in [0.29, 0.717) is 0 Å². The predicted molar refractivity (Wildman–Crippen MR) is 220 cm³/mol. The maximum absolute atomic E-state index is 2.41. The summed E-state index contributed by atoms with van der Waals surface area (Å²) in [5.74, 6) is 0.0523. The van der Waals surface area contributed by atoms with Crippen LogP contribution in [0.2, 0.25) is 0 Å². The number of benzene rings is 9. The molecule has 1 heteroatoms. The molecule has 9 aromatic carbocycles. The van der Waals surface area contributed by atoms with Crippen LogP contribution in [0.15, 0.2) is 206 Å². The topological polar surface area (TPSA) is 4.93 Å². The van der Waals surface area contributed by atoms with Crippen LogP contribution < -0.4 is 0 Å². The van der Waals surface area contributed by atoms with Crippen molar-refractivity contribution in [1.29, 1.82) is 0 Å². The van der Waals surface area contributed by atoms with Crippen LogP contribution in [-0.4, -0.2) is 4.57 Å². The van der Waals surface area contributed by atoms with Crippen LogP contribution in [0.25, 0.3) is 71.3 Å². The lowest BCUT2D eigenvalue weighted by atomic mass is 9.80. The first-order valence-electron chi connectivity index (χ1n) is 18.0. The van der Waals surface area contributed by atoms with Crippen LogP contribution in [0, 0.1) is 0 Å². The average molecular weight is 662 g/mol. The lowest BCUT2D eigenvalue weighted by molar-refractivity contribution is 0.992. The van der Waals surface area contributed by atoms with Crippen LogP contribution >= 0.6 is 0 Å². The Hall–Kier alpha value is -6.70. The second-order valence-corrected chi connectivity index (χ2v) is 13.7. The summed E-state index contributed by atoms with van der Waals surface area (Å²) in [5.41, 5.74) is 12.4. The highest BCUT2D eigenvalue weighted by Gasteiger charge is 2.21. The minimum atomic E-state index is 0.0523. The van der Waals surface area contributed by atoms with Crippen molar-refractivity contribution in [3.8, 4) is 27.9 Å². The van der Waals surface area contributed by atoms with Gasteiger partial charge in [0.05, 0.1) is 11.0 Å². The first-order valence-corrected chi connectivity index (χ1v) is 18.0. The Morgan fingerprint density at radius 3 is 1.52 bits per heavy atom. The minimum absolute atomic E-state index is 0.0523. The molecule has 1 nitrogen and oxygen atoms in total. The van der Waals surface area contributed by atoms with Crippen molar-refractivity contribution in [2.24, 2.45) is 0 Å². The van der Waals surface area contributed by atoms with E-state index in [1.807, 2.05) is 0 Å². The Bertz CT molecular complexity index is 2860. The largest absolute Gasteiger partial charge is 0.309 e. The fraction of sp³-hybridized carbons (Fsp3) is 0.0196. The summed E-state index contributed by atoms with van der Waals surface area (Å²) in [6.07, 6.45) is 0. The third kappa shape index (κ3) is 5.10. The normalized spacial score (nSPS) is 12.2. The molecular formula is C51H35N. The maximum Gasteiger partial charge on any atom is 0.0547 e. The molecule has 244 valence electrons. The molecule has 0 fully saturated rings. The van der Waals surface area contributed by atoms with E-state index in [-0.39, 0.29) is 5.92 Å². The molecule has 0 saturated carbocycles. The van der Waals surface area contributed by atoms with Gasteiger partial charge >= 0.3 is 0 Å². The molecule has 0 N–H and O–H groups in total. The minimum Gasteiger partial charge on any atom is -0.309 e. The zero-order valence-corrected chi connectivity index (χ0v) is 28.7. The fourth-order valence-corrected chi connectivity index (χ4v) is 8.25.